The fraction of sp³-hybridized carbons (Fsp3) is 0.387. The first-order valence-electron chi connectivity index (χ1n) is 14.2. The van der Waals surface area contributed by atoms with Crippen LogP contribution in [0.4, 0.5) is 17.1 Å². The number of rotatable bonds is 9. The molecule has 8 nitrogen and oxygen atoms in total. The largest absolute Gasteiger partial charge is 0.325 e. The molecule has 4 saturated carbocycles. The number of nitrogens with zero attached hydrogens (tertiary/aromatic N) is 1. The molecular weight excluding hydrogens is 594 g/mol. The van der Waals surface area contributed by atoms with Gasteiger partial charge in [0.05, 0.1) is 22.5 Å². The Labute approximate surface area is 252 Å². The van der Waals surface area contributed by atoms with Crippen LogP contribution in [-0.2, 0) is 30.3 Å². The Morgan fingerprint density at radius 2 is 1.45 bits per heavy atom. The molecule has 11 heteroatoms. The van der Waals surface area contributed by atoms with Crippen molar-refractivity contribution in [1.29, 1.82) is 0 Å². The molecule has 0 heterocycles. The van der Waals surface area contributed by atoms with Crippen molar-refractivity contribution >= 4 is 54.6 Å². The molecule has 0 radical (unpaired) electrons. The van der Waals surface area contributed by atoms with E-state index in [0.717, 1.165) is 28.3 Å². The second-order valence-electron chi connectivity index (χ2n) is 12.2. The van der Waals surface area contributed by atoms with Crippen molar-refractivity contribution in [2.45, 2.75) is 48.8 Å². The third-order valence-electron chi connectivity index (χ3n) is 9.02. The zero-order valence-corrected chi connectivity index (χ0v) is 25.7. The maximum absolute atomic E-state index is 12.9. The van der Waals surface area contributed by atoms with Crippen LogP contribution >= 0.6 is 11.6 Å². The highest BCUT2D eigenvalue weighted by molar-refractivity contribution is 7.92. The van der Waals surface area contributed by atoms with Gasteiger partial charge in [-0.2, -0.15) is 0 Å². The van der Waals surface area contributed by atoms with Crippen molar-refractivity contribution in [3.05, 3.63) is 83.4 Å². The van der Waals surface area contributed by atoms with Gasteiger partial charge in [-0.05, 0) is 122 Å². The van der Waals surface area contributed by atoms with Gasteiger partial charge in [0.2, 0.25) is 15.9 Å². The van der Waals surface area contributed by atoms with E-state index in [1.165, 1.54) is 74.4 Å². The van der Waals surface area contributed by atoms with Crippen LogP contribution in [0.3, 0.4) is 0 Å². The van der Waals surface area contributed by atoms with E-state index in [1.54, 1.807) is 18.2 Å². The number of halogens is 1. The zero-order valence-electron chi connectivity index (χ0n) is 23.3. The summed E-state index contributed by atoms with van der Waals surface area (Å²) < 4.78 is 54.5. The highest BCUT2D eigenvalue weighted by Crippen LogP contribution is 2.60. The first-order chi connectivity index (χ1) is 19.9. The van der Waals surface area contributed by atoms with E-state index >= 15 is 0 Å². The molecule has 0 saturated heterocycles. The molecule has 4 fully saturated rings. The topological polar surface area (TPSA) is 113 Å². The standard InChI is InChI=1S/C31H34ClN3O5S2/c1-41(37,38)35(28-9-5-24(6-10-28)31-17-21-13-22(18-31)15-23(14-21)19-31)20-30(36)33-26-7-11-29(12-8-26)42(39,40)34-27-4-2-3-25(32)16-27/h2-12,16,21-23,34H,13-15,17-20H2,1H3,(H,33,36). The minimum Gasteiger partial charge on any atom is -0.325 e. The average molecular weight is 628 g/mol. The van der Waals surface area contributed by atoms with Crippen LogP contribution < -0.4 is 14.3 Å². The number of amides is 1. The molecule has 0 aromatic heterocycles. The first-order valence-corrected chi connectivity index (χ1v) is 17.9. The maximum atomic E-state index is 12.9. The first kappa shape index (κ1) is 29.0. The van der Waals surface area contributed by atoms with Crippen LogP contribution in [-0.4, -0.2) is 35.5 Å². The summed E-state index contributed by atoms with van der Waals surface area (Å²) in [7, 11) is -7.62. The van der Waals surface area contributed by atoms with Gasteiger partial charge in [0.15, 0.2) is 0 Å². The highest BCUT2D eigenvalue weighted by atomic mass is 35.5. The lowest BCUT2D eigenvalue weighted by Crippen LogP contribution is -2.48. The van der Waals surface area contributed by atoms with Gasteiger partial charge in [0, 0.05) is 10.7 Å². The monoisotopic (exact) mass is 627 g/mol. The number of benzene rings is 3. The van der Waals surface area contributed by atoms with E-state index < -0.39 is 32.5 Å². The van der Waals surface area contributed by atoms with Gasteiger partial charge in [-0.1, -0.05) is 29.8 Å². The van der Waals surface area contributed by atoms with Crippen molar-refractivity contribution in [3.8, 4) is 0 Å². The van der Waals surface area contributed by atoms with Crippen LogP contribution in [0.15, 0.2) is 77.7 Å². The molecule has 4 aliphatic carbocycles. The summed E-state index contributed by atoms with van der Waals surface area (Å²) in [6.45, 7) is -0.411. The smallest absolute Gasteiger partial charge is 0.261 e. The van der Waals surface area contributed by atoms with Crippen LogP contribution in [0, 0.1) is 17.8 Å². The number of carbonyl (C=O) groups is 1. The minimum absolute atomic E-state index is 0.00245. The third kappa shape index (κ3) is 6.02. The van der Waals surface area contributed by atoms with Gasteiger partial charge in [-0.15, -0.1) is 0 Å². The molecular formula is C31H34ClN3O5S2. The summed E-state index contributed by atoms with van der Waals surface area (Å²) in [6, 6.07) is 19.7. The SMILES string of the molecule is CS(=O)(=O)N(CC(=O)Nc1ccc(S(=O)(=O)Nc2cccc(Cl)c2)cc1)c1ccc(C23CC4CC(CC(C4)C2)C3)cc1. The van der Waals surface area contributed by atoms with Crippen molar-refractivity contribution in [2.24, 2.45) is 17.8 Å². The van der Waals surface area contributed by atoms with Crippen LogP contribution in [0.2, 0.25) is 5.02 Å². The number of anilines is 3. The summed E-state index contributed by atoms with van der Waals surface area (Å²) in [4.78, 5) is 12.9. The molecule has 3 aromatic carbocycles. The summed E-state index contributed by atoms with van der Waals surface area (Å²) in [6.07, 6.45) is 8.79. The Hall–Kier alpha value is -3.08. The van der Waals surface area contributed by atoms with Gasteiger partial charge in [-0.25, -0.2) is 16.8 Å². The Morgan fingerprint density at radius 1 is 0.857 bits per heavy atom. The molecule has 42 heavy (non-hydrogen) atoms. The zero-order chi connectivity index (χ0) is 29.7. The van der Waals surface area contributed by atoms with E-state index in [-0.39, 0.29) is 10.3 Å². The second-order valence-corrected chi connectivity index (χ2v) is 16.2. The Morgan fingerprint density at radius 3 is 2.00 bits per heavy atom. The maximum Gasteiger partial charge on any atom is 0.261 e. The quantitative estimate of drug-likeness (QED) is 0.302. The lowest BCUT2D eigenvalue weighted by molar-refractivity contribution is -0.114. The number of carbonyl (C=O) groups excluding carboxylic acids is 1. The molecule has 2 N–H and O–H groups in total. The average Bonchev–Trinajstić information content (AvgIpc) is 2.91. The third-order valence-corrected chi connectivity index (χ3v) is 11.8. The molecule has 0 atom stereocenters. The van der Waals surface area contributed by atoms with Crippen LogP contribution in [0.5, 0.6) is 0 Å². The summed E-state index contributed by atoms with van der Waals surface area (Å²) in [5.41, 5.74) is 2.58. The molecule has 1 amide bonds. The number of sulfonamides is 2. The Bertz CT molecular complexity index is 1670. The highest BCUT2D eigenvalue weighted by Gasteiger charge is 2.51. The van der Waals surface area contributed by atoms with Gasteiger partial charge in [-0.3, -0.25) is 13.8 Å². The normalized spacial score (nSPS) is 24.8. The van der Waals surface area contributed by atoms with Gasteiger partial charge in [0.25, 0.3) is 10.0 Å². The van der Waals surface area contributed by atoms with Gasteiger partial charge < -0.3 is 5.32 Å². The predicted molar refractivity (Wildman–Crippen MR) is 166 cm³/mol. The molecule has 4 bridgehead atoms. The van der Waals surface area contributed by atoms with Crippen LogP contribution in [0.1, 0.15) is 44.1 Å². The molecule has 3 aromatic rings. The molecule has 222 valence electrons. The summed E-state index contributed by atoms with van der Waals surface area (Å²) in [5.74, 6) is 1.87. The number of nitrogens with one attached hydrogen (secondary N) is 2. The summed E-state index contributed by atoms with van der Waals surface area (Å²) in [5, 5.41) is 3.07. The van der Waals surface area contributed by atoms with E-state index in [2.05, 4.69) is 22.2 Å². The fourth-order valence-corrected chi connectivity index (χ4v) is 9.76. The second kappa shape index (κ2) is 10.9. The van der Waals surface area contributed by atoms with Crippen LogP contribution in [0.25, 0.3) is 0 Å². The number of hydrogen-bond donors (Lipinski definition) is 2. The van der Waals surface area contributed by atoms with Crippen molar-refractivity contribution in [1.82, 2.24) is 0 Å². The van der Waals surface area contributed by atoms with Crippen molar-refractivity contribution in [3.63, 3.8) is 0 Å². The van der Waals surface area contributed by atoms with Crippen molar-refractivity contribution < 1.29 is 21.6 Å². The van der Waals surface area contributed by atoms with Gasteiger partial charge >= 0.3 is 0 Å². The van der Waals surface area contributed by atoms with E-state index in [0.29, 0.717) is 22.1 Å². The van der Waals surface area contributed by atoms with Crippen molar-refractivity contribution in [2.75, 3.05) is 27.1 Å². The molecule has 0 aliphatic heterocycles. The lowest BCUT2D eigenvalue weighted by Gasteiger charge is -2.57. The molecule has 0 unspecified atom stereocenters. The Balaban J connectivity index is 1.13. The predicted octanol–water partition coefficient (Wildman–Crippen LogP) is 6.01. The van der Waals surface area contributed by atoms with E-state index in [1.807, 2.05) is 12.1 Å². The lowest BCUT2D eigenvalue weighted by atomic mass is 9.48. The van der Waals surface area contributed by atoms with Gasteiger partial charge in [0.1, 0.15) is 6.54 Å². The van der Waals surface area contributed by atoms with E-state index in [4.69, 9.17) is 11.6 Å². The number of hydrogen-bond acceptors (Lipinski definition) is 5. The molecule has 0 spiro atoms. The fourth-order valence-electron chi connectivity index (χ4n) is 7.66. The molecule has 4 aliphatic rings. The Kier molecular flexibility index (Phi) is 7.52. The minimum atomic E-state index is -3.88. The molecule has 7 rings (SSSR count). The summed E-state index contributed by atoms with van der Waals surface area (Å²) >= 11 is 5.94. The van der Waals surface area contributed by atoms with E-state index in [9.17, 15) is 21.6 Å².